The van der Waals surface area contributed by atoms with E-state index in [1.807, 2.05) is 19.1 Å². The van der Waals surface area contributed by atoms with Gasteiger partial charge in [-0.3, -0.25) is 9.69 Å². The van der Waals surface area contributed by atoms with E-state index in [2.05, 4.69) is 11.0 Å². The third kappa shape index (κ3) is 5.79. The lowest BCUT2D eigenvalue weighted by Gasteiger charge is -2.39. The van der Waals surface area contributed by atoms with Crippen molar-refractivity contribution in [2.45, 2.75) is 101 Å². The Kier molecular flexibility index (Phi) is 8.29. The van der Waals surface area contributed by atoms with Gasteiger partial charge in [0.25, 0.3) is 0 Å². The summed E-state index contributed by atoms with van der Waals surface area (Å²) < 4.78 is 28.7. The second-order valence-electron chi connectivity index (χ2n) is 12.4. The second-order valence-corrected chi connectivity index (χ2v) is 12.4. The van der Waals surface area contributed by atoms with E-state index in [0.717, 1.165) is 43.5 Å². The van der Waals surface area contributed by atoms with Crippen LogP contribution in [0.2, 0.25) is 0 Å². The van der Waals surface area contributed by atoms with Crippen molar-refractivity contribution in [2.75, 3.05) is 33.6 Å². The van der Waals surface area contributed by atoms with E-state index < -0.39 is 41.2 Å². The van der Waals surface area contributed by atoms with Gasteiger partial charge < -0.3 is 33.9 Å². The number of hydrogen-bond acceptors (Lipinski definition) is 10. The first-order valence-corrected chi connectivity index (χ1v) is 14.8. The molecule has 3 heterocycles. The molecule has 41 heavy (non-hydrogen) atoms. The molecule has 226 valence electrons. The van der Waals surface area contributed by atoms with Crippen molar-refractivity contribution in [3.05, 3.63) is 35.1 Å². The van der Waals surface area contributed by atoms with Crippen molar-refractivity contribution < 1.29 is 43.5 Å². The standard InChI is InChI=1S/C31H43NO9/c1-5-14-38-25(33)18-31(36,11-6-9-29(2,3)35)28(34)41-27-24(37-4)17-30-10-7-12-32(30)13-8-20-15-22-23(40-19-39-22)16-21(20)26(27)30/h15-17,26-27,35-36H,5-14,18-19H2,1-4H3/t26-,27?,30-,31-/m1/s1. The molecule has 0 amide bonds. The van der Waals surface area contributed by atoms with E-state index >= 15 is 0 Å². The van der Waals surface area contributed by atoms with Crippen LogP contribution in [0.15, 0.2) is 24.0 Å². The topological polar surface area (TPSA) is 124 Å². The number of fused-ring (bicyclic) bond motifs is 3. The summed E-state index contributed by atoms with van der Waals surface area (Å²) in [5, 5.41) is 21.9. The molecule has 10 nitrogen and oxygen atoms in total. The maximum Gasteiger partial charge on any atom is 0.339 e. The summed E-state index contributed by atoms with van der Waals surface area (Å²) in [7, 11) is 1.56. The summed E-state index contributed by atoms with van der Waals surface area (Å²) >= 11 is 0. The zero-order chi connectivity index (χ0) is 29.4. The molecule has 1 aliphatic carbocycles. The van der Waals surface area contributed by atoms with Gasteiger partial charge in [-0.1, -0.05) is 6.92 Å². The van der Waals surface area contributed by atoms with Gasteiger partial charge in [-0.15, -0.1) is 0 Å². The second kappa shape index (κ2) is 11.5. The molecule has 5 rings (SSSR count). The number of rotatable bonds is 11. The Hall–Kier alpha value is -2.82. The lowest BCUT2D eigenvalue weighted by atomic mass is 9.77. The van der Waals surface area contributed by atoms with Crippen molar-refractivity contribution in [3.63, 3.8) is 0 Å². The first-order valence-electron chi connectivity index (χ1n) is 14.8. The van der Waals surface area contributed by atoms with E-state index in [0.29, 0.717) is 36.5 Å². The van der Waals surface area contributed by atoms with Gasteiger partial charge in [0.15, 0.2) is 23.2 Å². The van der Waals surface area contributed by atoms with Crippen LogP contribution in [-0.4, -0.2) is 83.5 Å². The van der Waals surface area contributed by atoms with Crippen LogP contribution in [0.3, 0.4) is 0 Å². The van der Waals surface area contributed by atoms with Crippen LogP contribution in [0, 0.1) is 0 Å². The Morgan fingerprint density at radius 3 is 2.61 bits per heavy atom. The van der Waals surface area contributed by atoms with Crippen molar-refractivity contribution in [1.82, 2.24) is 4.90 Å². The zero-order valence-corrected chi connectivity index (χ0v) is 24.6. The molecule has 1 aromatic carbocycles. The van der Waals surface area contributed by atoms with Crippen molar-refractivity contribution >= 4 is 11.9 Å². The lowest BCUT2D eigenvalue weighted by Crippen LogP contribution is -2.49. The van der Waals surface area contributed by atoms with Crippen LogP contribution >= 0.6 is 0 Å². The molecule has 0 radical (unpaired) electrons. The molecule has 1 unspecified atom stereocenters. The SMILES string of the molecule is CCCOC(=O)C[C@](O)(CCCC(C)(C)O)C(=O)OC1C(OC)=C[C@@]23CCCN2CCc2cc4c(cc2[C@H]13)OCO4. The summed E-state index contributed by atoms with van der Waals surface area (Å²) in [5.74, 6) is 0.00940. The molecule has 0 saturated carbocycles. The number of esters is 2. The molecule has 3 aliphatic heterocycles. The first kappa shape index (κ1) is 29.7. The summed E-state index contributed by atoms with van der Waals surface area (Å²) in [6.45, 7) is 7.30. The minimum Gasteiger partial charge on any atom is -0.497 e. The van der Waals surface area contributed by atoms with Gasteiger partial charge in [0.1, 0.15) is 5.76 Å². The van der Waals surface area contributed by atoms with Crippen LogP contribution in [0.4, 0.5) is 0 Å². The molecule has 4 atom stereocenters. The number of carbonyl (C=O) groups excluding carboxylic acids is 2. The molecule has 2 N–H and O–H groups in total. The Morgan fingerprint density at radius 2 is 1.90 bits per heavy atom. The van der Waals surface area contributed by atoms with Crippen LogP contribution in [0.1, 0.15) is 82.8 Å². The van der Waals surface area contributed by atoms with Crippen LogP contribution < -0.4 is 9.47 Å². The van der Waals surface area contributed by atoms with Crippen molar-refractivity contribution in [2.24, 2.45) is 0 Å². The zero-order valence-electron chi connectivity index (χ0n) is 24.6. The molecule has 0 bridgehead atoms. The predicted octanol–water partition coefficient (Wildman–Crippen LogP) is 3.36. The fraction of sp³-hybridized carbons (Fsp3) is 0.677. The Morgan fingerprint density at radius 1 is 1.15 bits per heavy atom. The van der Waals surface area contributed by atoms with Crippen LogP contribution in [0.5, 0.6) is 11.5 Å². The van der Waals surface area contributed by atoms with Gasteiger partial charge >= 0.3 is 11.9 Å². The Bertz CT molecular complexity index is 1190. The van der Waals surface area contributed by atoms with Gasteiger partial charge in [0, 0.05) is 6.54 Å². The van der Waals surface area contributed by atoms with E-state index in [1.54, 1.807) is 21.0 Å². The molecule has 4 aliphatic rings. The van der Waals surface area contributed by atoms with Crippen LogP contribution in [0.25, 0.3) is 0 Å². The summed E-state index contributed by atoms with van der Waals surface area (Å²) in [6, 6.07) is 4.02. The first-order chi connectivity index (χ1) is 19.5. The lowest BCUT2D eigenvalue weighted by molar-refractivity contribution is -0.179. The number of nitrogens with zero attached hydrogens (tertiary/aromatic N) is 1. The van der Waals surface area contributed by atoms with Crippen molar-refractivity contribution in [1.29, 1.82) is 0 Å². The van der Waals surface area contributed by atoms with E-state index in [-0.39, 0.29) is 25.7 Å². The quantitative estimate of drug-likeness (QED) is 0.381. The van der Waals surface area contributed by atoms with Gasteiger partial charge in [-0.05, 0) is 94.7 Å². The smallest absolute Gasteiger partial charge is 0.339 e. The normalized spacial score (nSPS) is 26.2. The molecule has 1 spiro atoms. The maximum absolute atomic E-state index is 13.9. The monoisotopic (exact) mass is 573 g/mol. The van der Waals surface area contributed by atoms with Gasteiger partial charge in [-0.25, -0.2) is 4.79 Å². The highest BCUT2D eigenvalue weighted by Gasteiger charge is 2.59. The maximum atomic E-state index is 13.9. The molecule has 1 aromatic rings. The third-order valence-corrected chi connectivity index (χ3v) is 8.86. The Balaban J connectivity index is 1.48. The number of methoxy groups -OCH3 is 1. The largest absolute Gasteiger partial charge is 0.497 e. The molecule has 0 aromatic heterocycles. The number of ether oxygens (including phenoxy) is 5. The highest BCUT2D eigenvalue weighted by Crippen LogP contribution is 2.55. The fourth-order valence-electron chi connectivity index (χ4n) is 6.90. The predicted molar refractivity (Wildman–Crippen MR) is 148 cm³/mol. The molecule has 10 heteroatoms. The highest BCUT2D eigenvalue weighted by atomic mass is 16.7. The average Bonchev–Trinajstić information content (AvgIpc) is 3.60. The highest BCUT2D eigenvalue weighted by molar-refractivity contribution is 5.86. The molecule has 1 fully saturated rings. The minimum atomic E-state index is -2.12. The minimum absolute atomic E-state index is 0.0625. The summed E-state index contributed by atoms with van der Waals surface area (Å²) in [4.78, 5) is 29.0. The van der Waals surface area contributed by atoms with Gasteiger partial charge in [0.2, 0.25) is 6.79 Å². The van der Waals surface area contributed by atoms with E-state index in [9.17, 15) is 19.8 Å². The van der Waals surface area contributed by atoms with Gasteiger partial charge in [0.05, 0.1) is 37.2 Å². The van der Waals surface area contributed by atoms with Gasteiger partial charge in [-0.2, -0.15) is 0 Å². The fourth-order valence-corrected chi connectivity index (χ4v) is 6.90. The average molecular weight is 574 g/mol. The summed E-state index contributed by atoms with van der Waals surface area (Å²) in [5.41, 5.74) is -1.42. The van der Waals surface area contributed by atoms with Crippen LogP contribution in [-0.2, 0) is 30.2 Å². The Labute approximate surface area is 241 Å². The number of carbonyl (C=O) groups is 2. The number of benzene rings is 1. The molecular formula is C31H43NO9. The third-order valence-electron chi connectivity index (χ3n) is 8.86. The van der Waals surface area contributed by atoms with E-state index in [1.165, 1.54) is 0 Å². The number of hydrogen-bond donors (Lipinski definition) is 2. The molecular weight excluding hydrogens is 530 g/mol. The summed E-state index contributed by atoms with van der Waals surface area (Å²) in [6.07, 6.45) is 4.60. The van der Waals surface area contributed by atoms with E-state index in [4.69, 9.17) is 23.7 Å². The van der Waals surface area contributed by atoms with Crippen molar-refractivity contribution in [3.8, 4) is 11.5 Å². The number of aliphatic hydroxyl groups is 2. The molecule has 1 saturated heterocycles.